The Labute approximate surface area is 174 Å². The molecule has 0 saturated carbocycles. The van der Waals surface area contributed by atoms with E-state index in [0.29, 0.717) is 17.1 Å². The molecular formula is C20H17Br2NO4. The normalized spacial score (nSPS) is 15.1. The van der Waals surface area contributed by atoms with Gasteiger partial charge < -0.3 is 14.2 Å². The summed E-state index contributed by atoms with van der Waals surface area (Å²) in [5.74, 6) is 0.940. The zero-order valence-electron chi connectivity index (χ0n) is 15.0. The Hall–Kier alpha value is -2.12. The van der Waals surface area contributed by atoms with Gasteiger partial charge in [-0.2, -0.15) is 0 Å². The maximum Gasteiger partial charge on any atom is 0.363 e. The molecule has 7 heteroatoms. The SMILES string of the molecule is COc1cc(/C=C2\N=C(c3ccccc3Br)OC2=O)cc(Br)c1OC(C)C. The van der Waals surface area contributed by atoms with E-state index in [9.17, 15) is 4.79 Å². The Morgan fingerprint density at radius 3 is 2.56 bits per heavy atom. The molecule has 0 spiro atoms. The van der Waals surface area contributed by atoms with Gasteiger partial charge in [-0.25, -0.2) is 9.79 Å². The average Bonchev–Trinajstić information content (AvgIpc) is 2.97. The number of aliphatic imine (C=N–C) groups is 1. The van der Waals surface area contributed by atoms with Gasteiger partial charge in [0.25, 0.3) is 0 Å². The topological polar surface area (TPSA) is 57.1 Å². The third-order valence-corrected chi connectivity index (χ3v) is 4.91. The van der Waals surface area contributed by atoms with E-state index >= 15 is 0 Å². The first-order valence-electron chi connectivity index (χ1n) is 8.20. The molecule has 1 heterocycles. The van der Waals surface area contributed by atoms with Crippen LogP contribution in [0.5, 0.6) is 11.5 Å². The number of hydrogen-bond acceptors (Lipinski definition) is 5. The predicted molar refractivity (Wildman–Crippen MR) is 111 cm³/mol. The second-order valence-electron chi connectivity index (χ2n) is 6.02. The van der Waals surface area contributed by atoms with E-state index < -0.39 is 5.97 Å². The zero-order chi connectivity index (χ0) is 19.6. The Morgan fingerprint density at radius 2 is 1.89 bits per heavy atom. The minimum absolute atomic E-state index is 0.000641. The molecule has 0 N–H and O–H groups in total. The monoisotopic (exact) mass is 493 g/mol. The molecule has 0 aliphatic carbocycles. The highest BCUT2D eigenvalue weighted by Crippen LogP contribution is 2.38. The van der Waals surface area contributed by atoms with Crippen molar-refractivity contribution in [3.8, 4) is 11.5 Å². The minimum atomic E-state index is -0.502. The molecule has 0 saturated heterocycles. The van der Waals surface area contributed by atoms with Crippen LogP contribution >= 0.6 is 31.9 Å². The summed E-state index contributed by atoms with van der Waals surface area (Å²) in [5, 5.41) is 0. The van der Waals surface area contributed by atoms with Gasteiger partial charge in [0.05, 0.1) is 23.2 Å². The number of methoxy groups -OCH3 is 1. The first-order chi connectivity index (χ1) is 12.9. The molecule has 0 radical (unpaired) electrons. The number of halogens is 2. The fourth-order valence-electron chi connectivity index (χ4n) is 2.49. The van der Waals surface area contributed by atoms with Gasteiger partial charge in [0.2, 0.25) is 5.90 Å². The van der Waals surface area contributed by atoms with Crippen LogP contribution < -0.4 is 9.47 Å². The van der Waals surface area contributed by atoms with Crippen LogP contribution in [0.3, 0.4) is 0 Å². The van der Waals surface area contributed by atoms with Crippen LogP contribution in [0.4, 0.5) is 0 Å². The first kappa shape index (κ1) is 19.6. The highest BCUT2D eigenvalue weighted by Gasteiger charge is 2.25. The fourth-order valence-corrected chi connectivity index (χ4v) is 3.50. The number of esters is 1. The van der Waals surface area contributed by atoms with Crippen molar-refractivity contribution < 1.29 is 19.0 Å². The Bertz CT molecular complexity index is 951. The predicted octanol–water partition coefficient (Wildman–Crippen LogP) is 5.35. The van der Waals surface area contributed by atoms with Crippen molar-refractivity contribution in [2.24, 2.45) is 4.99 Å². The summed E-state index contributed by atoms with van der Waals surface area (Å²) >= 11 is 6.94. The summed E-state index contributed by atoms with van der Waals surface area (Å²) in [5.41, 5.74) is 1.67. The fraction of sp³-hybridized carbons (Fsp3) is 0.200. The van der Waals surface area contributed by atoms with Crippen LogP contribution in [-0.2, 0) is 9.53 Å². The van der Waals surface area contributed by atoms with Gasteiger partial charge in [-0.05, 0) is 81.6 Å². The van der Waals surface area contributed by atoms with E-state index in [0.717, 1.165) is 14.5 Å². The number of carbonyl (C=O) groups is 1. The van der Waals surface area contributed by atoms with E-state index in [-0.39, 0.29) is 17.7 Å². The Kier molecular flexibility index (Phi) is 6.01. The summed E-state index contributed by atoms with van der Waals surface area (Å²) < 4.78 is 18.1. The molecule has 1 aliphatic rings. The molecule has 0 bridgehead atoms. The lowest BCUT2D eigenvalue weighted by molar-refractivity contribution is -0.129. The lowest BCUT2D eigenvalue weighted by Crippen LogP contribution is -2.07. The Morgan fingerprint density at radius 1 is 1.15 bits per heavy atom. The molecule has 2 aromatic carbocycles. The quantitative estimate of drug-likeness (QED) is 0.415. The molecule has 0 fully saturated rings. The van der Waals surface area contributed by atoms with Gasteiger partial charge in [-0.3, -0.25) is 0 Å². The second-order valence-corrected chi connectivity index (χ2v) is 7.73. The van der Waals surface area contributed by atoms with Gasteiger partial charge in [-0.1, -0.05) is 12.1 Å². The third kappa shape index (κ3) is 4.42. The van der Waals surface area contributed by atoms with Crippen molar-refractivity contribution in [3.63, 3.8) is 0 Å². The van der Waals surface area contributed by atoms with Crippen LogP contribution in [0.1, 0.15) is 25.0 Å². The summed E-state index contributed by atoms with van der Waals surface area (Å²) in [6.45, 7) is 3.88. The number of nitrogens with zero attached hydrogens (tertiary/aromatic N) is 1. The molecule has 0 unspecified atom stereocenters. The zero-order valence-corrected chi connectivity index (χ0v) is 18.1. The summed E-state index contributed by atoms with van der Waals surface area (Å²) in [7, 11) is 1.57. The largest absolute Gasteiger partial charge is 0.493 e. The number of hydrogen-bond donors (Lipinski definition) is 0. The van der Waals surface area contributed by atoms with Crippen LogP contribution in [0.2, 0.25) is 0 Å². The average molecular weight is 495 g/mol. The lowest BCUT2D eigenvalue weighted by atomic mass is 10.1. The Balaban J connectivity index is 1.98. The van der Waals surface area contributed by atoms with E-state index in [1.165, 1.54) is 0 Å². The van der Waals surface area contributed by atoms with Gasteiger partial charge in [0.1, 0.15) is 0 Å². The van der Waals surface area contributed by atoms with Gasteiger partial charge in [0, 0.05) is 4.47 Å². The van der Waals surface area contributed by atoms with Gasteiger partial charge in [-0.15, -0.1) is 0 Å². The standard InChI is InChI=1S/C20H17Br2NO4/c1-11(2)26-18-15(22)8-12(10-17(18)25-3)9-16-20(24)27-19(23-16)13-6-4-5-7-14(13)21/h4-11H,1-3H3/b16-9-. The van der Waals surface area contributed by atoms with Gasteiger partial charge in [0.15, 0.2) is 17.2 Å². The molecule has 2 aromatic rings. The molecule has 3 rings (SSSR count). The molecule has 140 valence electrons. The first-order valence-corrected chi connectivity index (χ1v) is 9.79. The number of carbonyl (C=O) groups excluding carboxylic acids is 1. The summed E-state index contributed by atoms with van der Waals surface area (Å²) in [4.78, 5) is 16.6. The van der Waals surface area contributed by atoms with E-state index in [1.54, 1.807) is 19.3 Å². The maximum absolute atomic E-state index is 12.2. The molecule has 0 amide bonds. The van der Waals surface area contributed by atoms with Crippen molar-refractivity contribution in [1.82, 2.24) is 0 Å². The molecule has 1 aliphatic heterocycles. The van der Waals surface area contributed by atoms with Crippen LogP contribution in [0.25, 0.3) is 6.08 Å². The van der Waals surface area contributed by atoms with Crippen molar-refractivity contribution in [2.75, 3.05) is 7.11 Å². The molecule has 5 nitrogen and oxygen atoms in total. The van der Waals surface area contributed by atoms with Crippen LogP contribution in [0.15, 0.2) is 56.0 Å². The highest BCUT2D eigenvalue weighted by atomic mass is 79.9. The summed E-state index contributed by atoms with van der Waals surface area (Å²) in [6.07, 6.45) is 1.65. The molecular weight excluding hydrogens is 478 g/mol. The van der Waals surface area contributed by atoms with Gasteiger partial charge >= 0.3 is 5.97 Å². The third-order valence-electron chi connectivity index (χ3n) is 3.63. The van der Waals surface area contributed by atoms with Crippen LogP contribution in [0, 0.1) is 0 Å². The van der Waals surface area contributed by atoms with Crippen molar-refractivity contribution in [1.29, 1.82) is 0 Å². The van der Waals surface area contributed by atoms with E-state index in [1.807, 2.05) is 44.2 Å². The lowest BCUT2D eigenvalue weighted by Gasteiger charge is -2.15. The second kappa shape index (κ2) is 8.27. The number of cyclic esters (lactones) is 1. The minimum Gasteiger partial charge on any atom is -0.493 e. The summed E-state index contributed by atoms with van der Waals surface area (Å²) in [6, 6.07) is 11.1. The highest BCUT2D eigenvalue weighted by molar-refractivity contribution is 9.10. The molecule has 27 heavy (non-hydrogen) atoms. The van der Waals surface area contributed by atoms with Crippen molar-refractivity contribution in [2.45, 2.75) is 20.0 Å². The number of rotatable bonds is 5. The van der Waals surface area contributed by atoms with E-state index in [4.69, 9.17) is 14.2 Å². The maximum atomic E-state index is 12.2. The number of benzene rings is 2. The van der Waals surface area contributed by atoms with Crippen LogP contribution in [-0.4, -0.2) is 25.1 Å². The smallest absolute Gasteiger partial charge is 0.363 e. The molecule has 0 aromatic heterocycles. The molecule has 0 atom stereocenters. The van der Waals surface area contributed by atoms with Crippen molar-refractivity contribution in [3.05, 3.63) is 62.2 Å². The number of ether oxygens (including phenoxy) is 3. The van der Waals surface area contributed by atoms with E-state index in [2.05, 4.69) is 36.9 Å². The van der Waals surface area contributed by atoms with Crippen molar-refractivity contribution >= 4 is 49.8 Å².